The maximum absolute atomic E-state index is 11.8. The van der Waals surface area contributed by atoms with Crippen molar-refractivity contribution in [2.24, 2.45) is 0 Å². The molecule has 2 bridgehead atoms. The molecule has 1 aromatic heterocycles. The van der Waals surface area contributed by atoms with Crippen molar-refractivity contribution in [3.05, 3.63) is 18.7 Å². The minimum absolute atomic E-state index is 0. The second-order valence-electron chi connectivity index (χ2n) is 4.04. The molecule has 1 aromatic rings. The fraction of sp³-hybridized carbons (Fsp3) is 0.375. The number of hydroxylamine groups is 2. The summed E-state index contributed by atoms with van der Waals surface area (Å²) >= 11 is 0. The molecule has 102 valence electrons. The molecule has 0 radical (unpaired) electrons. The third-order valence-corrected chi connectivity index (χ3v) is 3.13. The summed E-state index contributed by atoms with van der Waals surface area (Å²) in [5.41, 5.74) is 0.650. The van der Waals surface area contributed by atoms with Crippen LogP contribution in [-0.4, -0.2) is 62.9 Å². The second kappa shape index (κ2) is 5.42. The van der Waals surface area contributed by atoms with Crippen LogP contribution in [0.3, 0.4) is 0 Å². The zero-order valence-corrected chi connectivity index (χ0v) is 13.2. The Morgan fingerprint density at radius 3 is 2.80 bits per heavy atom. The molecule has 0 spiro atoms. The number of carbonyl (C=O) groups excluding carboxylic acids is 1. The predicted octanol–water partition coefficient (Wildman–Crippen LogP) is -4.37. The standard InChI is InChI=1S/C8H9N5O5S.Na/c14-8-11-2-6(12-5-9-4-10-12)1-7(3-11)13(8)18-19(15,16)17;/h1,4-5,7H,2-3H2,(H,15,16,17);/q;+1/p-1. The van der Waals surface area contributed by atoms with Crippen molar-refractivity contribution in [2.75, 3.05) is 13.1 Å². The van der Waals surface area contributed by atoms with Crippen LogP contribution in [-0.2, 0) is 14.7 Å². The van der Waals surface area contributed by atoms with Crippen molar-refractivity contribution in [3.63, 3.8) is 0 Å². The Morgan fingerprint density at radius 1 is 1.45 bits per heavy atom. The van der Waals surface area contributed by atoms with E-state index in [9.17, 15) is 17.8 Å². The van der Waals surface area contributed by atoms with Gasteiger partial charge in [0, 0.05) is 6.54 Å². The van der Waals surface area contributed by atoms with E-state index in [2.05, 4.69) is 14.4 Å². The summed E-state index contributed by atoms with van der Waals surface area (Å²) in [6.07, 6.45) is 4.41. The first-order valence-corrected chi connectivity index (χ1v) is 6.56. The van der Waals surface area contributed by atoms with Gasteiger partial charge in [-0.15, -0.1) is 0 Å². The molecule has 2 aliphatic rings. The average Bonchev–Trinajstić information content (AvgIpc) is 2.92. The van der Waals surface area contributed by atoms with Gasteiger partial charge >= 0.3 is 35.6 Å². The van der Waals surface area contributed by atoms with Gasteiger partial charge in [-0.1, -0.05) is 0 Å². The summed E-state index contributed by atoms with van der Waals surface area (Å²) in [6.45, 7) is 0.490. The van der Waals surface area contributed by atoms with Crippen molar-refractivity contribution >= 4 is 22.1 Å². The van der Waals surface area contributed by atoms with Crippen LogP contribution < -0.4 is 29.6 Å². The molecule has 1 saturated heterocycles. The molecule has 1 unspecified atom stereocenters. The number of fused-ring (bicyclic) bond motifs is 2. The van der Waals surface area contributed by atoms with Crippen LogP contribution in [0, 0.1) is 0 Å². The van der Waals surface area contributed by atoms with Gasteiger partial charge in [0.25, 0.3) is 0 Å². The van der Waals surface area contributed by atoms with E-state index < -0.39 is 22.5 Å². The molecule has 3 rings (SSSR count). The van der Waals surface area contributed by atoms with E-state index in [1.807, 2.05) is 0 Å². The maximum Gasteiger partial charge on any atom is 1.00 e. The van der Waals surface area contributed by atoms with Gasteiger partial charge in [-0.2, -0.15) is 14.4 Å². The van der Waals surface area contributed by atoms with E-state index in [1.165, 1.54) is 22.2 Å². The number of aromatic nitrogens is 3. The van der Waals surface area contributed by atoms with Crippen molar-refractivity contribution in [1.82, 2.24) is 24.7 Å². The predicted molar refractivity (Wildman–Crippen MR) is 57.7 cm³/mol. The molecular weight excluding hydrogens is 301 g/mol. The van der Waals surface area contributed by atoms with Crippen LogP contribution in [0.25, 0.3) is 5.70 Å². The van der Waals surface area contributed by atoms with Gasteiger partial charge in [0.2, 0.25) is 10.4 Å². The molecule has 0 saturated carbocycles. The third-order valence-electron chi connectivity index (χ3n) is 2.79. The van der Waals surface area contributed by atoms with Gasteiger partial charge in [0.1, 0.15) is 18.7 Å². The van der Waals surface area contributed by atoms with Crippen molar-refractivity contribution < 1.29 is 51.6 Å². The number of hydrogen-bond acceptors (Lipinski definition) is 7. The number of amides is 2. The first-order valence-electron chi connectivity index (χ1n) is 5.23. The Bertz CT molecular complexity index is 644. The Labute approximate surface area is 136 Å². The van der Waals surface area contributed by atoms with Gasteiger partial charge in [-0.3, -0.25) is 0 Å². The second-order valence-corrected chi connectivity index (χ2v) is 5.00. The number of hydrogen-bond donors (Lipinski definition) is 0. The van der Waals surface area contributed by atoms with Crippen LogP contribution in [0.2, 0.25) is 0 Å². The van der Waals surface area contributed by atoms with E-state index in [0.29, 0.717) is 10.8 Å². The van der Waals surface area contributed by atoms with Gasteiger partial charge in [0.05, 0.1) is 12.2 Å². The normalized spacial score (nSPS) is 21.8. The summed E-state index contributed by atoms with van der Waals surface area (Å²) in [5.74, 6) is 0. The van der Waals surface area contributed by atoms with E-state index in [-0.39, 0.29) is 42.6 Å². The fourth-order valence-corrected chi connectivity index (χ4v) is 2.44. The molecule has 12 heteroatoms. The first-order chi connectivity index (χ1) is 8.94. The summed E-state index contributed by atoms with van der Waals surface area (Å²) in [7, 11) is -4.99. The van der Waals surface area contributed by atoms with E-state index in [0.717, 1.165) is 0 Å². The Balaban J connectivity index is 0.00000147. The quantitative estimate of drug-likeness (QED) is 0.314. The van der Waals surface area contributed by atoms with Crippen molar-refractivity contribution in [2.45, 2.75) is 6.04 Å². The Kier molecular flexibility index (Phi) is 4.18. The molecule has 20 heavy (non-hydrogen) atoms. The summed E-state index contributed by atoms with van der Waals surface area (Å²) < 4.78 is 37.4. The minimum Gasteiger partial charge on any atom is -0.724 e. The maximum atomic E-state index is 11.8. The molecule has 1 atom stereocenters. The molecule has 1 fully saturated rings. The van der Waals surface area contributed by atoms with Crippen LogP contribution in [0.5, 0.6) is 0 Å². The van der Waals surface area contributed by atoms with Crippen LogP contribution in [0.1, 0.15) is 0 Å². The van der Waals surface area contributed by atoms with Crippen molar-refractivity contribution in [1.29, 1.82) is 0 Å². The number of nitrogens with zero attached hydrogens (tertiary/aromatic N) is 5. The molecule has 3 heterocycles. The van der Waals surface area contributed by atoms with Crippen molar-refractivity contribution in [3.8, 4) is 0 Å². The molecule has 2 aliphatic heterocycles. The zero-order valence-electron chi connectivity index (χ0n) is 10.4. The van der Waals surface area contributed by atoms with Gasteiger partial charge in [0.15, 0.2) is 0 Å². The number of rotatable bonds is 3. The molecule has 2 amide bonds. The topological polar surface area (TPSA) is 121 Å². The minimum atomic E-state index is -4.99. The van der Waals surface area contributed by atoms with E-state index in [1.54, 1.807) is 6.08 Å². The average molecular weight is 309 g/mol. The smallest absolute Gasteiger partial charge is 0.724 e. The van der Waals surface area contributed by atoms with E-state index >= 15 is 0 Å². The first kappa shape index (κ1) is 15.4. The monoisotopic (exact) mass is 309 g/mol. The van der Waals surface area contributed by atoms with Gasteiger partial charge < -0.3 is 9.45 Å². The van der Waals surface area contributed by atoms with Gasteiger partial charge in [-0.25, -0.2) is 22.9 Å². The molecule has 0 aromatic carbocycles. The molecule has 0 N–H and O–H groups in total. The molecular formula is C8H8N5NaO5S. The molecule has 0 aliphatic carbocycles. The largest absolute Gasteiger partial charge is 1.00 e. The van der Waals surface area contributed by atoms with Gasteiger partial charge in [-0.05, 0) is 6.08 Å². The summed E-state index contributed by atoms with van der Waals surface area (Å²) in [4.78, 5) is 17.0. The van der Waals surface area contributed by atoms with E-state index in [4.69, 9.17) is 0 Å². The van der Waals surface area contributed by atoms with Crippen LogP contribution >= 0.6 is 0 Å². The number of carbonyl (C=O) groups is 1. The molecule has 10 nitrogen and oxygen atoms in total. The Hall–Kier alpha value is -0.980. The fourth-order valence-electron chi connectivity index (χ4n) is 2.07. The zero-order chi connectivity index (χ0) is 13.6. The summed E-state index contributed by atoms with van der Waals surface area (Å²) in [5, 5.41) is 4.48. The van der Waals surface area contributed by atoms with Crippen LogP contribution in [0.15, 0.2) is 18.7 Å². The third kappa shape index (κ3) is 2.87. The Morgan fingerprint density at radius 2 is 2.20 bits per heavy atom. The summed E-state index contributed by atoms with van der Waals surface area (Å²) in [6, 6.07) is -1.32. The van der Waals surface area contributed by atoms with Crippen LogP contribution in [0.4, 0.5) is 4.79 Å². The number of urea groups is 1. The SMILES string of the molecule is O=C1N2CC(n3cncn3)=CC(C2)N1OS(=O)(=O)[O-].[Na+].